The van der Waals surface area contributed by atoms with Gasteiger partial charge in [0.25, 0.3) is 15.6 Å². The number of anilines is 1. The first-order valence-corrected chi connectivity index (χ1v) is 12.1. The summed E-state index contributed by atoms with van der Waals surface area (Å²) in [4.78, 5) is 29.4. The van der Waals surface area contributed by atoms with Crippen LogP contribution in [0.4, 0.5) is 10.5 Å². The minimum absolute atomic E-state index is 0.0931. The Morgan fingerprint density at radius 1 is 1.09 bits per heavy atom. The van der Waals surface area contributed by atoms with Gasteiger partial charge in [-0.2, -0.15) is 0 Å². The number of rotatable bonds is 4. The summed E-state index contributed by atoms with van der Waals surface area (Å²) in [5.41, 5.74) is 1.79. The van der Waals surface area contributed by atoms with E-state index in [1.807, 2.05) is 17.7 Å². The molecule has 0 spiro atoms. The highest BCUT2D eigenvalue weighted by Crippen LogP contribution is 2.26. The Morgan fingerprint density at radius 3 is 2.56 bits per heavy atom. The average molecular weight is 509 g/mol. The molecule has 164 valence electrons. The normalized spacial score (nSPS) is 11.5. The number of aromatic nitrogens is 2. The molecule has 0 saturated carbocycles. The van der Waals surface area contributed by atoms with E-state index in [0.29, 0.717) is 16.6 Å². The van der Waals surface area contributed by atoms with Crippen molar-refractivity contribution in [2.75, 3.05) is 5.32 Å². The summed E-state index contributed by atoms with van der Waals surface area (Å²) in [6.07, 6.45) is 1.37. The SMILES string of the molecule is Cc1ccc2ncn(-c3ccc(NC(=O)NS(=O)(=O)c4ccc(Cl)s4)cc3Cl)c(=O)c2c1. The van der Waals surface area contributed by atoms with Crippen molar-refractivity contribution in [1.82, 2.24) is 14.3 Å². The Hall–Kier alpha value is -2.92. The van der Waals surface area contributed by atoms with Gasteiger partial charge in [0, 0.05) is 5.69 Å². The summed E-state index contributed by atoms with van der Waals surface area (Å²) in [5.74, 6) is 0. The summed E-state index contributed by atoms with van der Waals surface area (Å²) in [5, 5.41) is 3.01. The van der Waals surface area contributed by atoms with Crippen LogP contribution in [0.1, 0.15) is 5.56 Å². The van der Waals surface area contributed by atoms with Gasteiger partial charge < -0.3 is 5.32 Å². The number of aryl methyl sites for hydroxylation is 1. The van der Waals surface area contributed by atoms with Crippen molar-refractivity contribution in [3.63, 3.8) is 0 Å². The maximum Gasteiger partial charge on any atom is 0.333 e. The second-order valence-electron chi connectivity index (χ2n) is 6.72. The molecule has 2 aromatic heterocycles. The Labute approximate surface area is 196 Å². The van der Waals surface area contributed by atoms with Gasteiger partial charge >= 0.3 is 6.03 Å². The number of nitrogens with one attached hydrogen (secondary N) is 2. The molecule has 12 heteroatoms. The van der Waals surface area contributed by atoms with E-state index < -0.39 is 16.1 Å². The zero-order chi connectivity index (χ0) is 23.0. The summed E-state index contributed by atoms with van der Waals surface area (Å²) in [7, 11) is -4.06. The van der Waals surface area contributed by atoms with Crippen molar-refractivity contribution >= 4 is 67.2 Å². The smallest absolute Gasteiger partial charge is 0.307 e. The number of sulfonamides is 1. The first-order chi connectivity index (χ1) is 15.1. The summed E-state index contributed by atoms with van der Waals surface area (Å²) >= 11 is 12.9. The first kappa shape index (κ1) is 22.3. The zero-order valence-electron chi connectivity index (χ0n) is 16.3. The average Bonchev–Trinajstić information content (AvgIpc) is 3.16. The van der Waals surface area contributed by atoms with Gasteiger partial charge in [0.05, 0.1) is 25.9 Å². The maximum absolute atomic E-state index is 12.9. The van der Waals surface area contributed by atoms with Crippen LogP contribution in [0.15, 0.2) is 63.9 Å². The number of thiophene rings is 1. The molecule has 2 aromatic carbocycles. The highest BCUT2D eigenvalue weighted by Gasteiger charge is 2.20. The van der Waals surface area contributed by atoms with Crippen LogP contribution in [0, 0.1) is 6.92 Å². The fourth-order valence-corrected chi connectivity index (χ4v) is 5.62. The zero-order valence-corrected chi connectivity index (χ0v) is 19.4. The Balaban J connectivity index is 1.58. The molecule has 0 aliphatic heterocycles. The van der Waals surface area contributed by atoms with Crippen molar-refractivity contribution in [1.29, 1.82) is 0 Å². The van der Waals surface area contributed by atoms with E-state index in [9.17, 15) is 18.0 Å². The number of halogens is 2. The van der Waals surface area contributed by atoms with Crippen LogP contribution in [-0.4, -0.2) is 24.0 Å². The fourth-order valence-electron chi connectivity index (χ4n) is 2.96. The van der Waals surface area contributed by atoms with E-state index in [1.165, 1.54) is 41.2 Å². The molecule has 0 bridgehead atoms. The molecular formula is C20H14Cl2N4O4S2. The van der Waals surface area contributed by atoms with Gasteiger partial charge in [-0.25, -0.2) is 22.9 Å². The van der Waals surface area contributed by atoms with Crippen LogP contribution in [0.3, 0.4) is 0 Å². The van der Waals surface area contributed by atoms with E-state index in [-0.39, 0.29) is 24.8 Å². The lowest BCUT2D eigenvalue weighted by molar-refractivity contribution is 0.256. The number of carbonyl (C=O) groups is 1. The van der Waals surface area contributed by atoms with E-state index in [2.05, 4.69) is 10.3 Å². The van der Waals surface area contributed by atoms with Crippen molar-refractivity contribution < 1.29 is 13.2 Å². The highest BCUT2D eigenvalue weighted by atomic mass is 35.5. The van der Waals surface area contributed by atoms with E-state index in [0.717, 1.165) is 16.9 Å². The van der Waals surface area contributed by atoms with Crippen LogP contribution in [0.5, 0.6) is 0 Å². The first-order valence-electron chi connectivity index (χ1n) is 9.01. The van der Waals surface area contributed by atoms with Crippen LogP contribution >= 0.6 is 34.5 Å². The summed E-state index contributed by atoms with van der Waals surface area (Å²) in [6, 6.07) is 11.5. The molecule has 4 rings (SSSR count). The third kappa shape index (κ3) is 4.49. The lowest BCUT2D eigenvalue weighted by atomic mass is 10.1. The van der Waals surface area contributed by atoms with Gasteiger partial charge in [0.1, 0.15) is 10.5 Å². The Morgan fingerprint density at radius 2 is 1.88 bits per heavy atom. The van der Waals surface area contributed by atoms with Gasteiger partial charge in [0.15, 0.2) is 0 Å². The number of fused-ring (bicyclic) bond motifs is 1. The van der Waals surface area contributed by atoms with Crippen LogP contribution in [0.2, 0.25) is 9.36 Å². The molecule has 32 heavy (non-hydrogen) atoms. The monoisotopic (exact) mass is 508 g/mol. The van der Waals surface area contributed by atoms with E-state index >= 15 is 0 Å². The predicted octanol–water partition coefficient (Wildman–Crippen LogP) is 4.57. The van der Waals surface area contributed by atoms with Crippen LogP contribution in [0.25, 0.3) is 16.6 Å². The lowest BCUT2D eigenvalue weighted by Gasteiger charge is -2.12. The molecular weight excluding hydrogens is 495 g/mol. The minimum Gasteiger partial charge on any atom is -0.307 e. The third-order valence-corrected chi connectivity index (χ3v) is 7.78. The number of nitrogens with zero attached hydrogens (tertiary/aromatic N) is 2. The van der Waals surface area contributed by atoms with Crippen LogP contribution in [-0.2, 0) is 10.0 Å². The number of hydrogen-bond acceptors (Lipinski definition) is 6. The molecule has 0 unspecified atom stereocenters. The molecule has 0 fully saturated rings. The van der Waals surface area contributed by atoms with Gasteiger partial charge in [-0.3, -0.25) is 9.36 Å². The molecule has 8 nitrogen and oxygen atoms in total. The molecule has 0 saturated heterocycles. The third-order valence-electron chi connectivity index (χ3n) is 4.42. The van der Waals surface area contributed by atoms with Gasteiger partial charge in [0.2, 0.25) is 0 Å². The van der Waals surface area contributed by atoms with Gasteiger partial charge in [-0.15, -0.1) is 11.3 Å². The molecule has 2 amide bonds. The van der Waals surface area contributed by atoms with Crippen molar-refractivity contribution in [3.8, 4) is 5.69 Å². The molecule has 2 N–H and O–H groups in total. The number of hydrogen-bond donors (Lipinski definition) is 2. The highest BCUT2D eigenvalue weighted by molar-refractivity contribution is 7.92. The topological polar surface area (TPSA) is 110 Å². The molecule has 0 radical (unpaired) electrons. The van der Waals surface area contributed by atoms with Crippen LogP contribution < -0.4 is 15.6 Å². The van der Waals surface area contributed by atoms with Crippen molar-refractivity contribution in [2.24, 2.45) is 0 Å². The number of benzene rings is 2. The lowest BCUT2D eigenvalue weighted by Crippen LogP contribution is -2.33. The summed E-state index contributed by atoms with van der Waals surface area (Å²) < 4.78 is 27.9. The largest absolute Gasteiger partial charge is 0.333 e. The van der Waals surface area contributed by atoms with E-state index in [4.69, 9.17) is 23.2 Å². The predicted molar refractivity (Wildman–Crippen MR) is 126 cm³/mol. The van der Waals surface area contributed by atoms with E-state index in [1.54, 1.807) is 12.1 Å². The number of urea groups is 1. The molecule has 0 aliphatic rings. The maximum atomic E-state index is 12.9. The van der Waals surface area contributed by atoms with Crippen molar-refractivity contribution in [2.45, 2.75) is 11.1 Å². The van der Waals surface area contributed by atoms with Gasteiger partial charge in [-0.05, 0) is 49.4 Å². The Kier molecular flexibility index (Phi) is 5.95. The standard InChI is InChI=1S/C20H14Cl2N4O4S2/c1-11-2-4-15-13(8-11)19(27)26(10-23-15)16-5-3-12(9-14(16)21)24-20(28)25-32(29,30)18-7-6-17(22)31-18/h2-10H,1H3,(H2,24,25,28). The fraction of sp³-hybridized carbons (Fsp3) is 0.0500. The molecule has 0 atom stereocenters. The van der Waals surface area contributed by atoms with Gasteiger partial charge in [-0.1, -0.05) is 34.8 Å². The summed E-state index contributed by atoms with van der Waals surface area (Å²) in [6.45, 7) is 1.88. The molecule has 0 aliphatic carbocycles. The molecule has 2 heterocycles. The second kappa shape index (κ2) is 8.55. The van der Waals surface area contributed by atoms with Crippen molar-refractivity contribution in [3.05, 3.63) is 80.1 Å². The second-order valence-corrected chi connectivity index (χ2v) is 10.8. The number of amides is 2. The minimum atomic E-state index is -4.06. The number of carbonyl (C=O) groups excluding carboxylic acids is 1. The quantitative estimate of drug-likeness (QED) is 0.419. The Bertz CT molecular complexity index is 1530. The molecule has 4 aromatic rings.